The molecule has 0 bridgehead atoms. The Kier molecular flexibility index (Phi) is 4.05. The van der Waals surface area contributed by atoms with Gasteiger partial charge in [0.05, 0.1) is 12.0 Å². The molecule has 0 amide bonds. The maximum Gasteiger partial charge on any atom is 0.216 e. The summed E-state index contributed by atoms with van der Waals surface area (Å²) in [5, 5.41) is 34.0. The van der Waals surface area contributed by atoms with E-state index in [2.05, 4.69) is 32.0 Å². The van der Waals surface area contributed by atoms with E-state index in [4.69, 9.17) is 10.5 Å². The normalized spacial score (nSPS) is 12.2. The number of hydrogen-bond acceptors (Lipinski definition) is 6. The van der Waals surface area contributed by atoms with Gasteiger partial charge in [-0.15, -0.1) is 10.2 Å². The minimum atomic E-state index is -0.145. The number of rotatable bonds is 4. The number of nitrogens with zero attached hydrogens (tertiary/aromatic N) is 5. The highest BCUT2D eigenvalue weighted by Crippen LogP contribution is 2.17. The Labute approximate surface area is 115 Å². The summed E-state index contributed by atoms with van der Waals surface area (Å²) >= 11 is 0. The van der Waals surface area contributed by atoms with Gasteiger partial charge in [-0.25, -0.2) is 0 Å². The Morgan fingerprint density at radius 2 is 2.10 bits per heavy atom. The Morgan fingerprint density at radius 3 is 2.65 bits per heavy atom. The molecule has 2 N–H and O–H groups in total. The maximum atomic E-state index is 9.01. The van der Waals surface area contributed by atoms with Crippen LogP contribution in [0.1, 0.15) is 24.2 Å². The van der Waals surface area contributed by atoms with Gasteiger partial charge in [-0.1, -0.05) is 12.1 Å². The molecule has 7 nitrogen and oxygen atoms in total. The molecule has 1 unspecified atom stereocenters. The molecular formula is C13H11N7. The fraction of sp³-hybridized carbons (Fsp3) is 0.154. The zero-order valence-corrected chi connectivity index (χ0v) is 10.7. The van der Waals surface area contributed by atoms with Gasteiger partial charge in [0.15, 0.2) is 0 Å². The molecule has 20 heavy (non-hydrogen) atoms. The second-order valence-electron chi connectivity index (χ2n) is 4.02. The average Bonchev–Trinajstić information content (AvgIpc) is 3.02. The molecule has 1 heterocycles. The quantitative estimate of drug-likeness (QED) is 0.815. The average molecular weight is 265 g/mol. The Bertz CT molecular complexity index is 671. The van der Waals surface area contributed by atoms with Crippen molar-refractivity contribution >= 4 is 11.3 Å². The van der Waals surface area contributed by atoms with E-state index in [1.165, 1.54) is 6.20 Å². The van der Waals surface area contributed by atoms with Gasteiger partial charge >= 0.3 is 0 Å². The Hall–Kier alpha value is -3.19. The van der Waals surface area contributed by atoms with Gasteiger partial charge in [0.1, 0.15) is 11.6 Å². The van der Waals surface area contributed by atoms with E-state index in [0.717, 1.165) is 11.3 Å². The third-order valence-corrected chi connectivity index (χ3v) is 2.69. The van der Waals surface area contributed by atoms with Gasteiger partial charge < -0.3 is 5.32 Å². The van der Waals surface area contributed by atoms with Crippen LogP contribution in [0.4, 0.5) is 5.69 Å². The van der Waals surface area contributed by atoms with E-state index in [0.29, 0.717) is 0 Å². The molecule has 0 aliphatic carbocycles. The highest BCUT2D eigenvalue weighted by Gasteiger charge is 2.06. The first-order valence-electron chi connectivity index (χ1n) is 5.85. The SMILES string of the molecule is CC(C#N)c1ccc(NC=C(C#N)c2nn[nH]n2)cc1. The second kappa shape index (κ2) is 6.12. The van der Waals surface area contributed by atoms with Crippen LogP contribution in [0.3, 0.4) is 0 Å². The van der Waals surface area contributed by atoms with Gasteiger partial charge in [-0.3, -0.25) is 0 Å². The summed E-state index contributed by atoms with van der Waals surface area (Å²) in [5.41, 5.74) is 2.02. The van der Waals surface area contributed by atoms with Crippen LogP contribution in [0.2, 0.25) is 0 Å². The summed E-state index contributed by atoms with van der Waals surface area (Å²) in [5.74, 6) is 0.0864. The lowest BCUT2D eigenvalue weighted by Crippen LogP contribution is -1.94. The van der Waals surface area contributed by atoms with Crippen LogP contribution < -0.4 is 5.32 Å². The summed E-state index contributed by atoms with van der Waals surface area (Å²) in [7, 11) is 0. The molecule has 1 atom stereocenters. The van der Waals surface area contributed by atoms with Crippen molar-refractivity contribution in [3.8, 4) is 12.1 Å². The third kappa shape index (κ3) is 2.98. The molecule has 0 spiro atoms. The fourth-order valence-electron chi connectivity index (χ4n) is 1.52. The van der Waals surface area contributed by atoms with Gasteiger partial charge in [-0.2, -0.15) is 15.7 Å². The van der Waals surface area contributed by atoms with Crippen molar-refractivity contribution in [1.29, 1.82) is 10.5 Å². The predicted octanol–water partition coefficient (Wildman–Crippen LogP) is 1.80. The van der Waals surface area contributed by atoms with Crippen LogP contribution in [-0.4, -0.2) is 20.6 Å². The first kappa shape index (κ1) is 13.2. The molecule has 1 aromatic heterocycles. The molecule has 7 heteroatoms. The fourth-order valence-corrected chi connectivity index (χ4v) is 1.52. The summed E-state index contributed by atoms with van der Waals surface area (Å²) in [6, 6.07) is 11.6. The number of allylic oxidation sites excluding steroid dienone is 1. The molecule has 0 aliphatic rings. The largest absolute Gasteiger partial charge is 0.360 e. The summed E-state index contributed by atoms with van der Waals surface area (Å²) in [4.78, 5) is 0. The third-order valence-electron chi connectivity index (χ3n) is 2.69. The number of nitriles is 2. The van der Waals surface area contributed by atoms with Crippen molar-refractivity contribution in [3.63, 3.8) is 0 Å². The zero-order chi connectivity index (χ0) is 14.4. The monoisotopic (exact) mass is 265 g/mol. The van der Waals surface area contributed by atoms with E-state index in [1.54, 1.807) is 0 Å². The lowest BCUT2D eigenvalue weighted by atomic mass is 10.0. The van der Waals surface area contributed by atoms with Crippen LogP contribution in [0.5, 0.6) is 0 Å². The smallest absolute Gasteiger partial charge is 0.216 e. The van der Waals surface area contributed by atoms with Crippen molar-refractivity contribution in [2.45, 2.75) is 12.8 Å². The highest BCUT2D eigenvalue weighted by atomic mass is 15.5. The number of tetrazole rings is 1. The van der Waals surface area contributed by atoms with E-state index < -0.39 is 0 Å². The lowest BCUT2D eigenvalue weighted by Gasteiger charge is -2.05. The van der Waals surface area contributed by atoms with Gasteiger partial charge in [-0.05, 0) is 29.8 Å². The number of hydrogen-bond donors (Lipinski definition) is 2. The number of aromatic nitrogens is 4. The standard InChI is InChI=1S/C13H11N7/c1-9(6-14)10-2-4-12(5-3-10)16-8-11(7-15)13-17-19-20-18-13/h2-5,8-9,16H,1H3,(H,17,18,19,20). The molecule has 0 saturated carbocycles. The van der Waals surface area contributed by atoms with Crippen molar-refractivity contribution in [3.05, 3.63) is 41.9 Å². The molecule has 0 saturated heterocycles. The summed E-state index contributed by atoms with van der Waals surface area (Å²) < 4.78 is 0. The summed E-state index contributed by atoms with van der Waals surface area (Å²) in [6.07, 6.45) is 1.51. The predicted molar refractivity (Wildman–Crippen MR) is 71.9 cm³/mol. The van der Waals surface area contributed by atoms with E-state index in [-0.39, 0.29) is 17.3 Å². The number of benzene rings is 1. The molecule has 2 rings (SSSR count). The number of nitrogens with one attached hydrogen (secondary N) is 2. The van der Waals surface area contributed by atoms with Gasteiger partial charge in [0.2, 0.25) is 5.82 Å². The summed E-state index contributed by atoms with van der Waals surface area (Å²) in [6.45, 7) is 1.84. The van der Waals surface area contributed by atoms with Crippen LogP contribution in [-0.2, 0) is 0 Å². The topological polar surface area (TPSA) is 114 Å². The zero-order valence-electron chi connectivity index (χ0n) is 10.7. The van der Waals surface area contributed by atoms with Crippen LogP contribution in [0.15, 0.2) is 30.5 Å². The van der Waals surface area contributed by atoms with Crippen LogP contribution in [0.25, 0.3) is 5.57 Å². The van der Waals surface area contributed by atoms with Crippen molar-refractivity contribution < 1.29 is 0 Å². The first-order chi connectivity index (χ1) is 9.74. The van der Waals surface area contributed by atoms with E-state index in [9.17, 15) is 0 Å². The van der Waals surface area contributed by atoms with E-state index in [1.807, 2.05) is 37.3 Å². The lowest BCUT2D eigenvalue weighted by molar-refractivity contribution is 0.881. The number of anilines is 1. The molecular weight excluding hydrogens is 254 g/mol. The Morgan fingerprint density at radius 1 is 1.35 bits per heavy atom. The molecule has 1 aromatic carbocycles. The number of H-pyrrole nitrogens is 1. The minimum absolute atomic E-state index is 0.145. The maximum absolute atomic E-state index is 9.01. The first-order valence-corrected chi connectivity index (χ1v) is 5.85. The minimum Gasteiger partial charge on any atom is -0.360 e. The molecule has 0 radical (unpaired) electrons. The molecule has 98 valence electrons. The molecule has 0 aliphatic heterocycles. The second-order valence-corrected chi connectivity index (χ2v) is 4.02. The van der Waals surface area contributed by atoms with Crippen LogP contribution >= 0.6 is 0 Å². The molecule has 2 aromatic rings. The van der Waals surface area contributed by atoms with Gasteiger partial charge in [0.25, 0.3) is 0 Å². The van der Waals surface area contributed by atoms with E-state index >= 15 is 0 Å². The molecule has 0 fully saturated rings. The van der Waals surface area contributed by atoms with Crippen molar-refractivity contribution in [2.24, 2.45) is 0 Å². The van der Waals surface area contributed by atoms with Gasteiger partial charge in [0, 0.05) is 11.9 Å². The Balaban J connectivity index is 2.11. The highest BCUT2D eigenvalue weighted by molar-refractivity contribution is 5.73. The number of aromatic amines is 1. The van der Waals surface area contributed by atoms with Crippen LogP contribution in [0, 0.1) is 22.7 Å². The van der Waals surface area contributed by atoms with Crippen molar-refractivity contribution in [2.75, 3.05) is 5.32 Å². The van der Waals surface area contributed by atoms with Crippen molar-refractivity contribution in [1.82, 2.24) is 20.6 Å².